The van der Waals surface area contributed by atoms with Gasteiger partial charge in [0.25, 0.3) is 0 Å². The number of pyridine rings is 1. The topological polar surface area (TPSA) is 52.7 Å². The Kier molecular flexibility index (Phi) is 5.11. The smallest absolute Gasteiger partial charge is 0.245 e. The Morgan fingerprint density at radius 3 is 2.68 bits per heavy atom. The van der Waals surface area contributed by atoms with Crippen molar-refractivity contribution in [1.82, 2.24) is 19.3 Å². The van der Waals surface area contributed by atoms with Crippen LogP contribution in [0.25, 0.3) is 5.82 Å². The van der Waals surface area contributed by atoms with Crippen LogP contribution in [0.1, 0.15) is 12.4 Å². The van der Waals surface area contributed by atoms with E-state index in [1.165, 1.54) is 13.0 Å². The highest BCUT2D eigenvalue weighted by molar-refractivity contribution is 7.99. The number of aromatic nitrogens is 4. The number of hydrogen-bond donors (Lipinski definition) is 0. The Morgan fingerprint density at radius 2 is 2.14 bits per heavy atom. The highest BCUT2D eigenvalue weighted by Crippen LogP contribution is 2.30. The molecule has 0 unspecified atom stereocenters. The molecule has 0 atom stereocenters. The lowest BCUT2D eigenvalue weighted by Gasteiger charge is -2.06. The van der Waals surface area contributed by atoms with E-state index in [-0.39, 0.29) is 26.3 Å². The first-order chi connectivity index (χ1) is 10.4. The van der Waals surface area contributed by atoms with E-state index in [0.29, 0.717) is 15.5 Å². The monoisotopic (exact) mass is 364 g/mol. The van der Waals surface area contributed by atoms with Crippen molar-refractivity contribution in [3.63, 3.8) is 0 Å². The number of alkyl halides is 2. The van der Waals surface area contributed by atoms with Gasteiger partial charge in [-0.25, -0.2) is 14.3 Å². The molecule has 0 N–H and O–H groups in total. The molecule has 2 heterocycles. The minimum atomic E-state index is -3.01. The molecule has 2 aromatic heterocycles. The standard InChI is InChI=1S/C12H8Cl2F2N4OS/c1-3-4-22-10-8(14)5-7(13)9(17-10)20-12(21)19(11(15)16)6(2)18-20/h1,5,11H,4H2,2H3. The SMILES string of the molecule is C#CCSc1nc(-n2nc(C)n(C(F)F)c2=O)c(Cl)cc1Cl. The van der Waals surface area contributed by atoms with Gasteiger partial charge in [-0.15, -0.1) is 11.5 Å². The van der Waals surface area contributed by atoms with Crippen LogP contribution in [-0.4, -0.2) is 25.1 Å². The van der Waals surface area contributed by atoms with Crippen LogP contribution >= 0.6 is 35.0 Å². The highest BCUT2D eigenvalue weighted by atomic mass is 35.5. The average molecular weight is 365 g/mol. The van der Waals surface area contributed by atoms with E-state index in [0.717, 1.165) is 11.8 Å². The molecule has 22 heavy (non-hydrogen) atoms. The first-order valence-corrected chi connectivity index (χ1v) is 7.50. The van der Waals surface area contributed by atoms with Crippen LogP contribution in [-0.2, 0) is 0 Å². The van der Waals surface area contributed by atoms with Gasteiger partial charge in [0.15, 0.2) is 5.82 Å². The molecular formula is C12H8Cl2F2N4OS. The lowest BCUT2D eigenvalue weighted by atomic mass is 10.4. The lowest BCUT2D eigenvalue weighted by molar-refractivity contribution is 0.0640. The van der Waals surface area contributed by atoms with Gasteiger partial charge in [0.05, 0.1) is 15.8 Å². The fourth-order valence-electron chi connectivity index (χ4n) is 1.64. The van der Waals surface area contributed by atoms with Crippen molar-refractivity contribution in [3.05, 3.63) is 32.4 Å². The van der Waals surface area contributed by atoms with E-state index in [1.54, 1.807) is 0 Å². The van der Waals surface area contributed by atoms with Gasteiger partial charge in [0.1, 0.15) is 10.9 Å². The Balaban J connectivity index is 2.61. The number of nitrogens with zero attached hydrogens (tertiary/aromatic N) is 4. The van der Waals surface area contributed by atoms with E-state index in [1.807, 2.05) is 0 Å². The number of aryl methyl sites for hydroxylation is 1. The molecule has 116 valence electrons. The normalized spacial score (nSPS) is 11.0. The molecular weight excluding hydrogens is 357 g/mol. The molecule has 0 saturated heterocycles. The van der Waals surface area contributed by atoms with Gasteiger partial charge in [0.2, 0.25) is 0 Å². The summed E-state index contributed by atoms with van der Waals surface area (Å²) in [5.74, 6) is 2.45. The van der Waals surface area contributed by atoms with Crippen LogP contribution in [0.2, 0.25) is 10.0 Å². The van der Waals surface area contributed by atoms with E-state index in [4.69, 9.17) is 29.6 Å². The van der Waals surface area contributed by atoms with Crippen LogP contribution in [0.4, 0.5) is 8.78 Å². The highest BCUT2D eigenvalue weighted by Gasteiger charge is 2.21. The molecule has 2 aromatic rings. The second-order valence-electron chi connectivity index (χ2n) is 3.96. The summed E-state index contributed by atoms with van der Waals surface area (Å²) in [6.45, 7) is -1.73. The molecule has 5 nitrogen and oxygen atoms in total. The predicted molar refractivity (Wildman–Crippen MR) is 81.2 cm³/mol. The maximum absolute atomic E-state index is 12.8. The molecule has 0 aliphatic carbocycles. The number of halogens is 4. The van der Waals surface area contributed by atoms with Gasteiger partial charge in [-0.1, -0.05) is 40.9 Å². The van der Waals surface area contributed by atoms with Crippen molar-refractivity contribution in [1.29, 1.82) is 0 Å². The first-order valence-electron chi connectivity index (χ1n) is 5.75. The lowest BCUT2D eigenvalue weighted by Crippen LogP contribution is -2.25. The molecule has 0 aliphatic rings. The van der Waals surface area contributed by atoms with Crippen LogP contribution in [0.15, 0.2) is 15.9 Å². The summed E-state index contributed by atoms with van der Waals surface area (Å²) in [5, 5.41) is 4.34. The maximum Gasteiger partial charge on any atom is 0.356 e. The van der Waals surface area contributed by atoms with Crippen molar-refractivity contribution >= 4 is 35.0 Å². The zero-order chi connectivity index (χ0) is 16.4. The molecule has 0 spiro atoms. The number of rotatable bonds is 4. The fraction of sp³-hybridized carbons (Fsp3) is 0.250. The summed E-state index contributed by atoms with van der Waals surface area (Å²) in [7, 11) is 0. The number of hydrogen-bond acceptors (Lipinski definition) is 4. The first kappa shape index (κ1) is 16.8. The molecule has 0 bridgehead atoms. The summed E-state index contributed by atoms with van der Waals surface area (Å²) in [6.07, 6.45) is 5.16. The third-order valence-electron chi connectivity index (χ3n) is 2.55. The van der Waals surface area contributed by atoms with Crippen molar-refractivity contribution in [2.45, 2.75) is 18.5 Å². The van der Waals surface area contributed by atoms with Crippen molar-refractivity contribution in [2.24, 2.45) is 0 Å². The second-order valence-corrected chi connectivity index (χ2v) is 5.74. The van der Waals surface area contributed by atoms with Crippen LogP contribution in [0.3, 0.4) is 0 Å². The average Bonchev–Trinajstić information content (AvgIpc) is 2.73. The van der Waals surface area contributed by atoms with Crippen molar-refractivity contribution < 1.29 is 8.78 Å². The molecule has 2 rings (SSSR count). The molecule has 0 fully saturated rings. The molecule has 0 saturated carbocycles. The Labute approximate surface area is 138 Å². The quantitative estimate of drug-likeness (QED) is 0.617. The van der Waals surface area contributed by atoms with Gasteiger partial charge < -0.3 is 0 Å². The van der Waals surface area contributed by atoms with Crippen molar-refractivity contribution in [3.8, 4) is 18.2 Å². The largest absolute Gasteiger partial charge is 0.356 e. The summed E-state index contributed by atoms with van der Waals surface area (Å²) in [6, 6.07) is 1.35. The molecule has 0 aromatic carbocycles. The minimum absolute atomic E-state index is 0.0103. The molecule has 0 amide bonds. The van der Waals surface area contributed by atoms with Gasteiger partial charge in [0, 0.05) is 0 Å². The third kappa shape index (κ3) is 3.11. The predicted octanol–water partition coefficient (Wildman–Crippen LogP) is 3.16. The Morgan fingerprint density at radius 1 is 1.45 bits per heavy atom. The van der Waals surface area contributed by atoms with E-state index in [2.05, 4.69) is 16.0 Å². The Bertz CT molecular complexity index is 813. The van der Waals surface area contributed by atoms with E-state index in [9.17, 15) is 13.6 Å². The summed E-state index contributed by atoms with van der Waals surface area (Å²) >= 11 is 13.1. The van der Waals surface area contributed by atoms with Crippen LogP contribution in [0, 0.1) is 19.3 Å². The van der Waals surface area contributed by atoms with Gasteiger partial charge >= 0.3 is 12.2 Å². The maximum atomic E-state index is 12.8. The van der Waals surface area contributed by atoms with Gasteiger partial charge in [-0.2, -0.15) is 13.5 Å². The minimum Gasteiger partial charge on any atom is -0.245 e. The Hall–Kier alpha value is -1.56. The molecule has 10 heteroatoms. The zero-order valence-electron chi connectivity index (χ0n) is 11.1. The number of terminal acetylenes is 1. The summed E-state index contributed by atoms with van der Waals surface area (Å²) in [5.41, 5.74) is -1.04. The van der Waals surface area contributed by atoms with Crippen molar-refractivity contribution in [2.75, 3.05) is 5.75 Å². The molecule has 0 aliphatic heterocycles. The van der Waals surface area contributed by atoms with Gasteiger partial charge in [-0.05, 0) is 13.0 Å². The van der Waals surface area contributed by atoms with Crippen LogP contribution in [0.5, 0.6) is 0 Å². The summed E-state index contributed by atoms with van der Waals surface area (Å²) in [4.78, 5) is 16.1. The molecule has 0 radical (unpaired) electrons. The summed E-state index contributed by atoms with van der Waals surface area (Å²) < 4.78 is 26.6. The van der Waals surface area contributed by atoms with Crippen LogP contribution < -0.4 is 5.69 Å². The third-order valence-corrected chi connectivity index (χ3v) is 4.12. The fourth-order valence-corrected chi connectivity index (χ4v) is 2.81. The number of thioether (sulfide) groups is 1. The van der Waals surface area contributed by atoms with E-state index >= 15 is 0 Å². The second kappa shape index (κ2) is 6.69. The zero-order valence-corrected chi connectivity index (χ0v) is 13.4. The van der Waals surface area contributed by atoms with Gasteiger partial charge in [-0.3, -0.25) is 0 Å². The van der Waals surface area contributed by atoms with E-state index < -0.39 is 12.2 Å².